The molecule has 4 aromatic rings. The van der Waals surface area contributed by atoms with Gasteiger partial charge in [-0.3, -0.25) is 9.59 Å². The number of hydrogen-bond acceptors (Lipinski definition) is 11. The maximum atomic E-state index is 14.3. The third kappa shape index (κ3) is 8.58. The summed E-state index contributed by atoms with van der Waals surface area (Å²) in [7, 11) is 0. The number of nitrogens with two attached hydrogens (primary N) is 1. The van der Waals surface area contributed by atoms with Gasteiger partial charge in [0.05, 0.1) is 39.6 Å². The van der Waals surface area contributed by atoms with Gasteiger partial charge in [-0.15, -0.1) is 21.5 Å². The summed E-state index contributed by atoms with van der Waals surface area (Å²) >= 11 is 1.62. The van der Waals surface area contributed by atoms with Gasteiger partial charge in [-0.25, -0.2) is 4.98 Å². The van der Waals surface area contributed by atoms with Crippen LogP contribution in [-0.2, 0) is 9.59 Å². The molecule has 4 heterocycles. The maximum absolute atomic E-state index is 14.3. The van der Waals surface area contributed by atoms with E-state index in [9.17, 15) is 19.8 Å². The number of β-amino-alcohol motifs (C(OH)–C–C–N with tert-alkyl or cyclic N) is 1. The first-order chi connectivity index (χ1) is 25.7. The molecule has 54 heavy (non-hydrogen) atoms. The van der Waals surface area contributed by atoms with Crippen LogP contribution in [0.25, 0.3) is 21.7 Å². The zero-order valence-corrected chi connectivity index (χ0v) is 32.4. The lowest BCUT2D eigenvalue weighted by molar-refractivity contribution is -0.139. The van der Waals surface area contributed by atoms with Gasteiger partial charge in [-0.1, -0.05) is 69.3 Å². The molecule has 0 bridgehead atoms. The first kappa shape index (κ1) is 38.5. The standard InChI is InChI=1S/C41H50N8O4S/c1-24(28-11-13-29(14-12-28)37-26(3)43-23-54-37)44-25(2)33-20-30(50)22-49(33)40(53)38(41(4,5)6)45-36(52)19-27-15-17-48(18-16-27)34-21-32(46-47-39(34)42)31-9-7-8-10-35(31)51/h7-14,19,21,23-24,30,33,38,44,50-51H,2,15-18,20,22H2,1,3-6H3,(H2,42,47)(H,45,52)/t24-,30+,33-,38+/m0/s1. The van der Waals surface area contributed by atoms with Crippen LogP contribution in [0.1, 0.15) is 64.3 Å². The Morgan fingerprint density at radius 2 is 1.78 bits per heavy atom. The summed E-state index contributed by atoms with van der Waals surface area (Å²) in [5.41, 5.74) is 14.1. The monoisotopic (exact) mass is 750 g/mol. The fourth-order valence-electron chi connectivity index (χ4n) is 7.18. The molecule has 4 atom stereocenters. The molecule has 6 rings (SSSR count). The number of hydrogen-bond donors (Lipinski definition) is 5. The molecule has 2 aliphatic heterocycles. The molecule has 0 unspecified atom stereocenters. The number of amides is 2. The minimum Gasteiger partial charge on any atom is -0.507 e. The Morgan fingerprint density at radius 1 is 1.07 bits per heavy atom. The fraction of sp³-hybridized carbons (Fsp3) is 0.390. The molecule has 12 nitrogen and oxygen atoms in total. The number of anilines is 2. The van der Waals surface area contributed by atoms with Crippen molar-refractivity contribution in [1.29, 1.82) is 0 Å². The van der Waals surface area contributed by atoms with Gasteiger partial charge >= 0.3 is 0 Å². The Morgan fingerprint density at radius 3 is 2.43 bits per heavy atom. The SMILES string of the molecule is C=C(N[C@@H](C)c1ccc(-c2scnc2C)cc1)[C@@H]1C[C@@H](O)CN1C(=O)[C@@H](NC(=O)C=C1CCN(c2cc(-c3ccccc3O)nnc2N)CC1)C(C)(C)C. The van der Waals surface area contributed by atoms with Gasteiger partial charge in [0.25, 0.3) is 0 Å². The van der Waals surface area contributed by atoms with Crippen LogP contribution in [0.4, 0.5) is 11.5 Å². The molecule has 0 radical (unpaired) electrons. The van der Waals surface area contributed by atoms with Crippen molar-refractivity contribution in [3.63, 3.8) is 0 Å². The molecule has 0 saturated carbocycles. The minimum atomic E-state index is -0.835. The number of para-hydroxylation sites is 1. The number of carbonyl (C=O) groups is 2. The number of aliphatic hydroxyl groups is 1. The van der Waals surface area contributed by atoms with E-state index in [-0.39, 0.29) is 30.2 Å². The molecule has 2 amide bonds. The Hall–Kier alpha value is -5.27. The lowest BCUT2D eigenvalue weighted by Gasteiger charge is -2.36. The molecular weight excluding hydrogens is 701 g/mol. The molecule has 13 heteroatoms. The number of nitrogens with zero attached hydrogens (tertiary/aromatic N) is 5. The van der Waals surface area contributed by atoms with Gasteiger partial charge < -0.3 is 36.4 Å². The number of piperidine rings is 1. The van der Waals surface area contributed by atoms with Gasteiger partial charge in [0.2, 0.25) is 11.8 Å². The van der Waals surface area contributed by atoms with Crippen LogP contribution in [0, 0.1) is 12.3 Å². The predicted molar refractivity (Wildman–Crippen MR) is 214 cm³/mol. The zero-order chi connectivity index (χ0) is 38.7. The van der Waals surface area contributed by atoms with Gasteiger partial charge in [0.15, 0.2) is 5.82 Å². The maximum Gasteiger partial charge on any atom is 0.246 e. The van der Waals surface area contributed by atoms with E-state index in [1.165, 1.54) is 0 Å². The number of aromatic hydroxyl groups is 1. The van der Waals surface area contributed by atoms with Gasteiger partial charge in [0, 0.05) is 49.4 Å². The van der Waals surface area contributed by atoms with Crippen LogP contribution in [0.2, 0.25) is 0 Å². The zero-order valence-electron chi connectivity index (χ0n) is 31.5. The number of likely N-dealkylation sites (tertiary alicyclic amines) is 1. The van der Waals surface area contributed by atoms with Gasteiger partial charge in [-0.05, 0) is 61.4 Å². The number of nitrogen functional groups attached to an aromatic ring is 1. The first-order valence-corrected chi connectivity index (χ1v) is 19.2. The van der Waals surface area contributed by atoms with E-state index in [0.717, 1.165) is 33.0 Å². The fourth-order valence-corrected chi connectivity index (χ4v) is 7.99. The molecule has 2 saturated heterocycles. The van der Waals surface area contributed by atoms with E-state index in [0.29, 0.717) is 55.1 Å². The van der Waals surface area contributed by atoms with Crippen molar-refractivity contribution in [2.75, 3.05) is 30.3 Å². The number of aromatic nitrogens is 3. The topological polar surface area (TPSA) is 170 Å². The molecule has 0 aliphatic carbocycles. The van der Waals surface area contributed by atoms with Crippen molar-refractivity contribution in [1.82, 2.24) is 30.7 Å². The second kappa shape index (κ2) is 16.0. The highest BCUT2D eigenvalue weighted by atomic mass is 32.1. The number of aliphatic hydroxyl groups excluding tert-OH is 1. The van der Waals surface area contributed by atoms with Crippen LogP contribution in [0.15, 0.2) is 84.0 Å². The lowest BCUT2D eigenvalue weighted by atomic mass is 9.85. The van der Waals surface area contributed by atoms with Crippen molar-refractivity contribution in [2.45, 2.75) is 78.1 Å². The summed E-state index contributed by atoms with van der Waals surface area (Å²) in [6.07, 6.45) is 2.48. The summed E-state index contributed by atoms with van der Waals surface area (Å²) in [5, 5.41) is 35.9. The third-order valence-electron chi connectivity index (χ3n) is 10.2. The number of phenols is 1. The van der Waals surface area contributed by atoms with Crippen molar-refractivity contribution >= 4 is 34.7 Å². The second-order valence-electron chi connectivity index (χ2n) is 15.3. The average Bonchev–Trinajstić information content (AvgIpc) is 3.76. The number of nitrogens with one attached hydrogen (secondary N) is 2. The molecule has 284 valence electrons. The van der Waals surface area contributed by atoms with Crippen molar-refractivity contribution in [3.8, 4) is 27.4 Å². The molecule has 2 fully saturated rings. The van der Waals surface area contributed by atoms with E-state index in [2.05, 4.69) is 61.6 Å². The molecule has 2 aromatic carbocycles. The lowest BCUT2D eigenvalue weighted by Crippen LogP contribution is -2.56. The van der Waals surface area contributed by atoms with Gasteiger partial charge in [-0.2, -0.15) is 0 Å². The molecule has 6 N–H and O–H groups in total. The van der Waals surface area contributed by atoms with E-state index >= 15 is 0 Å². The van der Waals surface area contributed by atoms with Crippen LogP contribution in [-0.4, -0.2) is 79.9 Å². The van der Waals surface area contributed by atoms with Crippen LogP contribution >= 0.6 is 11.3 Å². The smallest absolute Gasteiger partial charge is 0.246 e. The van der Waals surface area contributed by atoms with E-state index < -0.39 is 23.6 Å². The normalized spacial score (nSPS) is 18.6. The Balaban J connectivity index is 1.09. The van der Waals surface area contributed by atoms with Crippen molar-refractivity contribution < 1.29 is 19.8 Å². The Bertz CT molecular complexity index is 2030. The van der Waals surface area contributed by atoms with Crippen molar-refractivity contribution in [3.05, 3.63) is 95.3 Å². The number of aryl methyl sites for hydroxylation is 1. The number of benzene rings is 2. The van der Waals surface area contributed by atoms with E-state index in [1.807, 2.05) is 52.3 Å². The number of carbonyl (C=O) groups excluding carboxylic acids is 2. The van der Waals surface area contributed by atoms with Crippen LogP contribution in [0.3, 0.4) is 0 Å². The summed E-state index contributed by atoms with van der Waals surface area (Å²) < 4.78 is 0. The van der Waals surface area contributed by atoms with E-state index in [1.54, 1.807) is 40.5 Å². The van der Waals surface area contributed by atoms with Crippen LogP contribution < -0.4 is 21.3 Å². The largest absolute Gasteiger partial charge is 0.507 e. The van der Waals surface area contributed by atoms with Crippen molar-refractivity contribution in [2.24, 2.45) is 5.41 Å². The number of thiazole rings is 1. The van der Waals surface area contributed by atoms with Crippen LogP contribution in [0.5, 0.6) is 5.75 Å². The average molecular weight is 751 g/mol. The molecule has 2 aliphatic rings. The minimum absolute atomic E-state index is 0.0921. The second-order valence-corrected chi connectivity index (χ2v) is 16.1. The predicted octanol–water partition coefficient (Wildman–Crippen LogP) is 5.75. The number of phenolic OH excluding ortho intramolecular Hbond substituents is 1. The number of rotatable bonds is 10. The van der Waals surface area contributed by atoms with E-state index in [4.69, 9.17) is 5.73 Å². The Labute approximate surface area is 320 Å². The molecule has 2 aromatic heterocycles. The third-order valence-corrected chi connectivity index (χ3v) is 11.2. The first-order valence-electron chi connectivity index (χ1n) is 18.3. The van der Waals surface area contributed by atoms with Gasteiger partial charge in [0.1, 0.15) is 11.8 Å². The summed E-state index contributed by atoms with van der Waals surface area (Å²) in [5.74, 6) is -0.193. The highest BCUT2D eigenvalue weighted by Gasteiger charge is 2.43. The summed E-state index contributed by atoms with van der Waals surface area (Å²) in [6.45, 7) is 15.5. The molecule has 0 spiro atoms. The molecular formula is C41H50N8O4S. The summed E-state index contributed by atoms with van der Waals surface area (Å²) in [6, 6.07) is 15.7. The Kier molecular flexibility index (Phi) is 11.4. The quantitative estimate of drug-likeness (QED) is 0.126. The highest BCUT2D eigenvalue weighted by Crippen LogP contribution is 2.34. The summed E-state index contributed by atoms with van der Waals surface area (Å²) in [4.78, 5) is 37.0. The highest BCUT2D eigenvalue weighted by molar-refractivity contribution is 7.13.